The van der Waals surface area contributed by atoms with E-state index in [9.17, 15) is 14.4 Å². The van der Waals surface area contributed by atoms with Crippen LogP contribution in [-0.4, -0.2) is 34.9 Å². The summed E-state index contributed by atoms with van der Waals surface area (Å²) in [6.07, 6.45) is 2.93. The zero-order valence-corrected chi connectivity index (χ0v) is 18.8. The number of anilines is 2. The molecule has 7 nitrogen and oxygen atoms in total. The Hall–Kier alpha value is -3.04. The van der Waals surface area contributed by atoms with E-state index < -0.39 is 18.1 Å². The Kier molecular flexibility index (Phi) is 5.52. The van der Waals surface area contributed by atoms with Gasteiger partial charge in [0.05, 0.1) is 28.4 Å². The number of hydrogen-bond acceptors (Lipinski definition) is 7. The van der Waals surface area contributed by atoms with E-state index in [-0.39, 0.29) is 18.2 Å². The van der Waals surface area contributed by atoms with Crippen molar-refractivity contribution in [2.24, 2.45) is 0 Å². The summed E-state index contributed by atoms with van der Waals surface area (Å²) in [5.74, 6) is -1.08. The van der Waals surface area contributed by atoms with Crippen LogP contribution in [0.1, 0.15) is 31.4 Å². The minimum Gasteiger partial charge on any atom is -0.455 e. The number of benzene rings is 1. The molecule has 0 radical (unpaired) electrons. The molecule has 164 valence electrons. The second-order valence-electron chi connectivity index (χ2n) is 7.90. The second kappa shape index (κ2) is 8.48. The number of nitrogens with zero attached hydrogens (tertiary/aromatic N) is 2. The van der Waals surface area contributed by atoms with Gasteiger partial charge < -0.3 is 10.1 Å². The number of para-hydroxylation sites is 2. The fourth-order valence-electron chi connectivity index (χ4n) is 4.44. The van der Waals surface area contributed by atoms with E-state index in [0.717, 1.165) is 22.7 Å². The Morgan fingerprint density at radius 1 is 1.12 bits per heavy atom. The van der Waals surface area contributed by atoms with Crippen molar-refractivity contribution in [1.29, 1.82) is 0 Å². The summed E-state index contributed by atoms with van der Waals surface area (Å²) in [5.41, 5.74) is 0.946. The van der Waals surface area contributed by atoms with Crippen molar-refractivity contribution in [3.8, 4) is 9.88 Å². The van der Waals surface area contributed by atoms with Gasteiger partial charge in [-0.3, -0.25) is 19.3 Å². The first-order valence-electron chi connectivity index (χ1n) is 10.4. The molecule has 1 fully saturated rings. The molecular formula is C23H21N3O4S2. The Bertz CT molecular complexity index is 1170. The molecule has 0 atom stereocenters. The highest BCUT2D eigenvalue weighted by atomic mass is 32.1. The van der Waals surface area contributed by atoms with Gasteiger partial charge in [-0.25, -0.2) is 4.98 Å². The molecular weight excluding hydrogens is 446 g/mol. The lowest BCUT2D eigenvalue weighted by Crippen LogP contribution is -2.61. The molecule has 3 heterocycles. The predicted octanol–water partition coefficient (Wildman–Crippen LogP) is 4.26. The van der Waals surface area contributed by atoms with Crippen molar-refractivity contribution in [3.05, 3.63) is 52.9 Å². The Labute approximate surface area is 193 Å². The molecule has 2 aliphatic rings. The number of thiophene rings is 1. The molecule has 5 rings (SSSR count). The number of fused-ring (bicyclic) bond motifs is 1. The molecule has 1 saturated carbocycles. The van der Waals surface area contributed by atoms with Gasteiger partial charge in [-0.2, -0.15) is 0 Å². The van der Waals surface area contributed by atoms with Gasteiger partial charge >= 0.3 is 5.97 Å². The molecule has 1 aliphatic carbocycles. The Balaban J connectivity index is 1.28. The maximum atomic E-state index is 13.2. The van der Waals surface area contributed by atoms with Crippen LogP contribution in [0.4, 0.5) is 11.4 Å². The number of esters is 1. The molecule has 32 heavy (non-hydrogen) atoms. The van der Waals surface area contributed by atoms with Crippen molar-refractivity contribution in [1.82, 2.24) is 4.98 Å². The van der Waals surface area contributed by atoms with Crippen LogP contribution in [0.25, 0.3) is 9.88 Å². The number of hydrogen-bond donors (Lipinski definition) is 1. The molecule has 1 aromatic carbocycles. The molecule has 2 amide bonds. The number of rotatable bonds is 5. The number of carbonyl (C=O) groups is 3. The molecule has 1 spiro atoms. The largest absolute Gasteiger partial charge is 0.455 e. The second-order valence-corrected chi connectivity index (χ2v) is 9.70. The predicted molar refractivity (Wildman–Crippen MR) is 124 cm³/mol. The number of aromatic nitrogens is 1. The van der Waals surface area contributed by atoms with Crippen molar-refractivity contribution >= 4 is 51.8 Å². The number of thiazole rings is 1. The molecule has 1 aliphatic heterocycles. The monoisotopic (exact) mass is 467 g/mol. The molecule has 0 saturated heterocycles. The quantitative estimate of drug-likeness (QED) is 0.567. The zero-order chi connectivity index (χ0) is 22.1. The normalized spacial score (nSPS) is 16.6. The number of amides is 2. The maximum Gasteiger partial charge on any atom is 0.312 e. The van der Waals surface area contributed by atoms with Gasteiger partial charge in [0.2, 0.25) is 0 Å². The van der Waals surface area contributed by atoms with Gasteiger partial charge in [0.1, 0.15) is 10.5 Å². The van der Waals surface area contributed by atoms with Crippen molar-refractivity contribution < 1.29 is 19.1 Å². The van der Waals surface area contributed by atoms with Gasteiger partial charge in [0.15, 0.2) is 6.61 Å². The lowest BCUT2D eigenvalue weighted by Gasteiger charge is -2.44. The van der Waals surface area contributed by atoms with E-state index in [1.807, 2.05) is 41.1 Å². The summed E-state index contributed by atoms with van der Waals surface area (Å²) in [4.78, 5) is 45.7. The van der Waals surface area contributed by atoms with Crippen LogP contribution in [0.2, 0.25) is 0 Å². The van der Waals surface area contributed by atoms with Gasteiger partial charge in [-0.15, -0.1) is 22.7 Å². The fraction of sp³-hybridized carbons (Fsp3) is 0.304. The van der Waals surface area contributed by atoms with Crippen LogP contribution in [0.15, 0.2) is 47.2 Å². The van der Waals surface area contributed by atoms with Crippen molar-refractivity contribution in [2.75, 3.05) is 16.8 Å². The third-order valence-corrected chi connectivity index (χ3v) is 7.82. The third kappa shape index (κ3) is 3.71. The van der Waals surface area contributed by atoms with Crippen LogP contribution in [0.5, 0.6) is 0 Å². The molecule has 0 unspecified atom stereocenters. The first-order chi connectivity index (χ1) is 15.6. The van der Waals surface area contributed by atoms with E-state index in [0.29, 0.717) is 29.9 Å². The first kappa shape index (κ1) is 20.8. The van der Waals surface area contributed by atoms with Gasteiger partial charge in [0, 0.05) is 5.38 Å². The average Bonchev–Trinajstić information content (AvgIpc) is 3.55. The molecule has 0 bridgehead atoms. The Morgan fingerprint density at radius 2 is 1.94 bits per heavy atom. The zero-order valence-electron chi connectivity index (χ0n) is 17.2. The van der Waals surface area contributed by atoms with Gasteiger partial charge in [0.25, 0.3) is 11.8 Å². The highest BCUT2D eigenvalue weighted by Crippen LogP contribution is 2.45. The van der Waals surface area contributed by atoms with E-state index in [1.54, 1.807) is 22.3 Å². The van der Waals surface area contributed by atoms with Gasteiger partial charge in [-0.05, 0) is 36.4 Å². The summed E-state index contributed by atoms with van der Waals surface area (Å²) < 4.78 is 5.32. The SMILES string of the molecule is O=C(Cc1csc(-c2cccs2)n1)OCC(=O)N1c2ccccc2NC(=O)C12CCCC2. The summed E-state index contributed by atoms with van der Waals surface area (Å²) >= 11 is 3.06. The number of carbonyl (C=O) groups excluding carboxylic acids is 3. The standard InChI is InChI=1S/C23H21N3O4S2/c27-19(13-30-20(28)12-15-14-32-21(24-15)18-8-5-11-31-18)26-17-7-2-1-6-16(17)25-22(29)23(26)9-3-4-10-23/h1-2,5-8,11,14H,3-4,9-10,12-13H2,(H,25,29). The fourth-order valence-corrected chi connectivity index (χ4v) is 6.07. The molecule has 3 aromatic rings. The van der Waals surface area contributed by atoms with Crippen LogP contribution in [0, 0.1) is 0 Å². The van der Waals surface area contributed by atoms with E-state index in [2.05, 4.69) is 10.3 Å². The van der Waals surface area contributed by atoms with Crippen LogP contribution >= 0.6 is 22.7 Å². The van der Waals surface area contributed by atoms with E-state index in [1.165, 1.54) is 11.3 Å². The summed E-state index contributed by atoms with van der Waals surface area (Å²) in [6, 6.07) is 11.2. The van der Waals surface area contributed by atoms with E-state index >= 15 is 0 Å². The highest BCUT2D eigenvalue weighted by molar-refractivity contribution is 7.20. The van der Waals surface area contributed by atoms with Crippen LogP contribution in [0.3, 0.4) is 0 Å². The van der Waals surface area contributed by atoms with E-state index in [4.69, 9.17) is 4.74 Å². The Morgan fingerprint density at radius 3 is 2.72 bits per heavy atom. The number of ether oxygens (including phenoxy) is 1. The molecule has 9 heteroatoms. The molecule has 2 aromatic heterocycles. The van der Waals surface area contributed by atoms with Crippen molar-refractivity contribution in [3.63, 3.8) is 0 Å². The van der Waals surface area contributed by atoms with Crippen LogP contribution < -0.4 is 10.2 Å². The maximum absolute atomic E-state index is 13.2. The third-order valence-electron chi connectivity index (χ3n) is 5.89. The van der Waals surface area contributed by atoms with Crippen molar-refractivity contribution in [2.45, 2.75) is 37.6 Å². The average molecular weight is 468 g/mol. The minimum atomic E-state index is -0.914. The summed E-state index contributed by atoms with van der Waals surface area (Å²) in [6.45, 7) is -0.413. The first-order valence-corrected chi connectivity index (χ1v) is 12.2. The highest BCUT2D eigenvalue weighted by Gasteiger charge is 2.52. The summed E-state index contributed by atoms with van der Waals surface area (Å²) in [7, 11) is 0. The lowest BCUT2D eigenvalue weighted by atomic mass is 9.90. The molecule has 1 N–H and O–H groups in total. The topological polar surface area (TPSA) is 88.6 Å². The lowest BCUT2D eigenvalue weighted by molar-refractivity contribution is -0.147. The summed E-state index contributed by atoms with van der Waals surface area (Å²) in [5, 5.41) is 7.61. The number of nitrogens with one attached hydrogen (secondary N) is 1. The minimum absolute atomic E-state index is 0.00261. The van der Waals surface area contributed by atoms with Gasteiger partial charge in [-0.1, -0.05) is 31.0 Å². The van der Waals surface area contributed by atoms with Crippen LogP contribution in [-0.2, 0) is 25.5 Å². The smallest absolute Gasteiger partial charge is 0.312 e.